The summed E-state index contributed by atoms with van der Waals surface area (Å²) in [6.07, 6.45) is 2.97. The molecule has 0 aliphatic heterocycles. The van der Waals surface area contributed by atoms with Gasteiger partial charge < -0.3 is 9.47 Å². The van der Waals surface area contributed by atoms with Crippen LogP contribution in [0.25, 0.3) is 0 Å². The number of carbonyl (C=O) groups excluding carboxylic acids is 2. The Morgan fingerprint density at radius 1 is 1.46 bits per heavy atom. The topological polar surface area (TPSA) is 52.6 Å². The number of Topliss-reactive ketones (excluding diaryl/α,β-unsaturated/α-hetero) is 2. The van der Waals surface area contributed by atoms with Crippen molar-refractivity contribution in [3.05, 3.63) is 26.1 Å². The Hall–Kier alpha value is -0.850. The lowest BCUT2D eigenvalue weighted by Crippen LogP contribution is -2.15. The number of ketones is 2. The molecular weight excluding hydrogens is 416 g/mol. The van der Waals surface area contributed by atoms with E-state index in [9.17, 15) is 9.59 Å². The number of aryl methyl sites for hydroxylation is 1. The lowest BCUT2D eigenvalue weighted by molar-refractivity contribution is -0.116. The average molecular weight is 436 g/mol. The Kier molecular flexibility index (Phi) is 6.89. The zero-order valence-electron chi connectivity index (χ0n) is 13.9. The summed E-state index contributed by atoms with van der Waals surface area (Å²) in [4.78, 5) is 26.6. The van der Waals surface area contributed by atoms with Crippen LogP contribution >= 0.6 is 38.9 Å². The average Bonchev–Trinajstić information content (AvgIpc) is 3.33. The van der Waals surface area contributed by atoms with Gasteiger partial charge in [0.1, 0.15) is 17.9 Å². The summed E-state index contributed by atoms with van der Waals surface area (Å²) in [7, 11) is 0. The monoisotopic (exact) mass is 434 g/mol. The molecule has 0 spiro atoms. The van der Waals surface area contributed by atoms with Crippen LogP contribution in [0.1, 0.15) is 41.2 Å². The van der Waals surface area contributed by atoms with Gasteiger partial charge in [-0.3, -0.25) is 9.59 Å². The van der Waals surface area contributed by atoms with E-state index in [1.807, 2.05) is 20.8 Å². The third-order valence-corrected chi connectivity index (χ3v) is 5.69. The Morgan fingerprint density at radius 2 is 2.12 bits per heavy atom. The molecule has 1 aromatic rings. The van der Waals surface area contributed by atoms with Gasteiger partial charge in [0.2, 0.25) is 5.78 Å². The SMILES string of the molecule is CCOC=C(C(=O)c1sc(C)c(OCC(C)Cl)c1Br)C(=O)C1CC1. The molecule has 1 aliphatic carbocycles. The van der Waals surface area contributed by atoms with Crippen LogP contribution in [0.3, 0.4) is 0 Å². The minimum absolute atomic E-state index is 0.0479. The highest BCUT2D eigenvalue weighted by Gasteiger charge is 2.36. The number of ether oxygens (including phenoxy) is 2. The molecule has 0 aromatic carbocycles. The van der Waals surface area contributed by atoms with E-state index in [1.165, 1.54) is 17.6 Å². The lowest BCUT2D eigenvalue weighted by atomic mass is 10.0. The second kappa shape index (κ2) is 8.50. The number of thiophene rings is 1. The van der Waals surface area contributed by atoms with E-state index in [2.05, 4.69) is 15.9 Å². The molecular formula is C17H20BrClO4S. The summed E-state index contributed by atoms with van der Waals surface area (Å²) in [5.74, 6) is 0.0936. The summed E-state index contributed by atoms with van der Waals surface area (Å²) in [5.41, 5.74) is 0.110. The fraction of sp³-hybridized carbons (Fsp3) is 0.529. The van der Waals surface area contributed by atoms with Gasteiger partial charge in [0.05, 0.1) is 27.6 Å². The first-order valence-electron chi connectivity index (χ1n) is 7.83. The molecule has 1 aliphatic rings. The molecule has 2 rings (SSSR count). The minimum atomic E-state index is -0.325. The van der Waals surface area contributed by atoms with E-state index in [0.717, 1.165) is 17.7 Å². The summed E-state index contributed by atoms with van der Waals surface area (Å²) >= 11 is 10.7. The molecule has 4 nitrogen and oxygen atoms in total. The molecule has 1 fully saturated rings. The van der Waals surface area contributed by atoms with Gasteiger partial charge in [-0.1, -0.05) is 0 Å². The molecule has 7 heteroatoms. The number of carbonyl (C=O) groups is 2. The van der Waals surface area contributed by atoms with Crippen molar-refractivity contribution >= 4 is 50.4 Å². The van der Waals surface area contributed by atoms with Gasteiger partial charge in [0, 0.05) is 10.8 Å². The van der Waals surface area contributed by atoms with E-state index >= 15 is 0 Å². The first-order chi connectivity index (χ1) is 11.4. The van der Waals surface area contributed by atoms with Crippen molar-refractivity contribution in [3.63, 3.8) is 0 Å². The fourth-order valence-electron chi connectivity index (χ4n) is 2.09. The third kappa shape index (κ3) is 4.61. The van der Waals surface area contributed by atoms with Gasteiger partial charge in [-0.05, 0) is 49.5 Å². The first kappa shape index (κ1) is 19.5. The van der Waals surface area contributed by atoms with Crippen LogP contribution in [-0.2, 0) is 9.53 Å². The predicted octanol–water partition coefficient (Wildman–Crippen LogP) is 4.91. The largest absolute Gasteiger partial charge is 0.501 e. The van der Waals surface area contributed by atoms with Crippen LogP contribution in [-0.4, -0.2) is 30.2 Å². The molecule has 0 radical (unpaired) electrons. The lowest BCUT2D eigenvalue weighted by Gasteiger charge is -2.08. The highest BCUT2D eigenvalue weighted by Crippen LogP contribution is 2.41. The Balaban J connectivity index is 2.29. The van der Waals surface area contributed by atoms with Crippen LogP contribution < -0.4 is 4.74 Å². The van der Waals surface area contributed by atoms with E-state index in [4.69, 9.17) is 21.1 Å². The number of alkyl halides is 1. The molecule has 1 heterocycles. The molecule has 1 atom stereocenters. The predicted molar refractivity (Wildman–Crippen MR) is 99.3 cm³/mol. The zero-order chi connectivity index (χ0) is 17.9. The van der Waals surface area contributed by atoms with Gasteiger partial charge in [0.15, 0.2) is 5.78 Å². The number of hydrogen-bond acceptors (Lipinski definition) is 5. The Labute approximate surface area is 159 Å². The molecule has 0 N–H and O–H groups in total. The molecule has 132 valence electrons. The Morgan fingerprint density at radius 3 is 2.67 bits per heavy atom. The highest BCUT2D eigenvalue weighted by atomic mass is 79.9. The standard InChI is InChI=1S/C17H20BrClO4S/c1-4-22-8-12(14(20)11-5-6-11)15(21)17-13(18)16(10(3)24-17)23-7-9(2)19/h8-9,11H,4-7H2,1-3H3. The molecule has 1 aromatic heterocycles. The van der Waals surface area contributed by atoms with Gasteiger partial charge in [-0.2, -0.15) is 0 Å². The van der Waals surface area contributed by atoms with Crippen molar-refractivity contribution in [3.8, 4) is 5.75 Å². The number of allylic oxidation sites excluding steroid dienone is 1. The second-order valence-corrected chi connectivity index (χ2v) is 8.44. The van der Waals surface area contributed by atoms with E-state index in [0.29, 0.717) is 28.3 Å². The summed E-state index contributed by atoms with van der Waals surface area (Å²) < 4.78 is 11.5. The van der Waals surface area contributed by atoms with Crippen LogP contribution in [0.15, 0.2) is 16.3 Å². The van der Waals surface area contributed by atoms with Crippen molar-refractivity contribution in [2.24, 2.45) is 5.92 Å². The van der Waals surface area contributed by atoms with E-state index < -0.39 is 0 Å². The number of rotatable bonds is 9. The number of hydrogen-bond donors (Lipinski definition) is 0. The van der Waals surface area contributed by atoms with Crippen molar-refractivity contribution < 1.29 is 19.1 Å². The quantitative estimate of drug-likeness (QED) is 0.138. The molecule has 1 unspecified atom stereocenters. The van der Waals surface area contributed by atoms with Crippen LogP contribution in [0.2, 0.25) is 0 Å². The maximum atomic E-state index is 12.9. The van der Waals surface area contributed by atoms with Crippen molar-refractivity contribution in [1.29, 1.82) is 0 Å². The van der Waals surface area contributed by atoms with Gasteiger partial charge in [0.25, 0.3) is 0 Å². The normalized spacial score (nSPS) is 16.0. The minimum Gasteiger partial charge on any atom is -0.501 e. The molecule has 1 saturated carbocycles. The molecule has 0 amide bonds. The van der Waals surface area contributed by atoms with Crippen molar-refractivity contribution in [2.45, 2.75) is 39.0 Å². The summed E-state index contributed by atoms with van der Waals surface area (Å²) in [5, 5.41) is -0.139. The molecule has 24 heavy (non-hydrogen) atoms. The van der Waals surface area contributed by atoms with Crippen LogP contribution in [0.5, 0.6) is 5.75 Å². The van der Waals surface area contributed by atoms with Crippen molar-refractivity contribution in [2.75, 3.05) is 13.2 Å². The van der Waals surface area contributed by atoms with Gasteiger partial charge in [-0.25, -0.2) is 0 Å². The maximum absolute atomic E-state index is 12.9. The van der Waals surface area contributed by atoms with Gasteiger partial charge >= 0.3 is 0 Å². The second-order valence-electron chi connectivity index (χ2n) is 5.68. The highest BCUT2D eigenvalue weighted by molar-refractivity contribution is 9.10. The van der Waals surface area contributed by atoms with Crippen LogP contribution in [0, 0.1) is 12.8 Å². The summed E-state index contributed by atoms with van der Waals surface area (Å²) in [6.45, 7) is 6.26. The van der Waals surface area contributed by atoms with Crippen molar-refractivity contribution in [1.82, 2.24) is 0 Å². The zero-order valence-corrected chi connectivity index (χ0v) is 17.0. The van der Waals surface area contributed by atoms with Crippen LogP contribution in [0.4, 0.5) is 0 Å². The van der Waals surface area contributed by atoms with Gasteiger partial charge in [-0.15, -0.1) is 22.9 Å². The fourth-order valence-corrected chi connectivity index (χ4v) is 4.06. The molecule has 0 saturated heterocycles. The molecule has 0 bridgehead atoms. The smallest absolute Gasteiger partial charge is 0.210 e. The third-order valence-electron chi connectivity index (χ3n) is 3.46. The summed E-state index contributed by atoms with van der Waals surface area (Å²) in [6, 6.07) is 0. The first-order valence-corrected chi connectivity index (χ1v) is 9.87. The van der Waals surface area contributed by atoms with E-state index in [1.54, 1.807) is 0 Å². The Bertz CT molecular complexity index is 662. The number of halogens is 2. The maximum Gasteiger partial charge on any atom is 0.210 e. The van der Waals surface area contributed by atoms with E-state index in [-0.39, 0.29) is 28.4 Å².